The van der Waals surface area contributed by atoms with E-state index in [4.69, 9.17) is 10.1 Å². The van der Waals surface area contributed by atoms with Crippen LogP contribution in [0.1, 0.15) is 18.4 Å². The van der Waals surface area contributed by atoms with Gasteiger partial charge in [0.05, 0.1) is 29.5 Å². The molecule has 0 radical (unpaired) electrons. The molecule has 0 bridgehead atoms. The molecule has 152 valence electrons. The molecule has 3 aromatic heterocycles. The maximum atomic E-state index is 12.9. The second kappa shape index (κ2) is 8.42. The smallest absolute Gasteiger partial charge is 0.255 e. The first kappa shape index (κ1) is 19.7. The summed E-state index contributed by atoms with van der Waals surface area (Å²) < 4.78 is 7.08. The van der Waals surface area contributed by atoms with Crippen molar-refractivity contribution in [3.63, 3.8) is 0 Å². The van der Waals surface area contributed by atoms with Crippen LogP contribution in [0.2, 0.25) is 0 Å². The van der Waals surface area contributed by atoms with Gasteiger partial charge < -0.3 is 15.5 Å². The number of nitrogens with one attached hydrogen (secondary N) is 2. The number of nitrogens with zero attached hydrogens (tertiary/aromatic N) is 3. The van der Waals surface area contributed by atoms with Crippen LogP contribution in [0.15, 0.2) is 59.7 Å². The van der Waals surface area contributed by atoms with Gasteiger partial charge in [-0.05, 0) is 43.8 Å². The molecule has 1 atom stereocenters. The molecule has 2 N–H and O–H groups in total. The molecule has 0 aliphatic heterocycles. The number of rotatable bonds is 7. The summed E-state index contributed by atoms with van der Waals surface area (Å²) in [4.78, 5) is 21.8. The average Bonchev–Trinajstić information content (AvgIpc) is 2.78. The van der Waals surface area contributed by atoms with E-state index in [1.54, 1.807) is 29.1 Å². The van der Waals surface area contributed by atoms with E-state index in [2.05, 4.69) is 15.3 Å². The van der Waals surface area contributed by atoms with Crippen molar-refractivity contribution in [2.45, 2.75) is 12.8 Å². The van der Waals surface area contributed by atoms with Gasteiger partial charge in [-0.15, -0.1) is 0 Å². The molecule has 0 spiro atoms. The van der Waals surface area contributed by atoms with Crippen LogP contribution in [0.25, 0.3) is 27.5 Å². The summed E-state index contributed by atoms with van der Waals surface area (Å²) in [6, 6.07) is 12.9. The predicted octanol–water partition coefficient (Wildman–Crippen LogP) is 3.29. The fourth-order valence-electron chi connectivity index (χ4n) is 3.65. The van der Waals surface area contributed by atoms with Crippen molar-refractivity contribution in [2.75, 3.05) is 20.2 Å². The number of benzene rings is 1. The Bertz CT molecular complexity index is 1260. The van der Waals surface area contributed by atoms with E-state index in [-0.39, 0.29) is 11.5 Å². The summed E-state index contributed by atoms with van der Waals surface area (Å²) in [7, 11) is 1.87. The first-order chi connectivity index (χ1) is 14.7. The Morgan fingerprint density at radius 2 is 2.03 bits per heavy atom. The molecule has 30 heavy (non-hydrogen) atoms. The summed E-state index contributed by atoms with van der Waals surface area (Å²) in [5.41, 5.74) is 3.07. The highest BCUT2D eigenvalue weighted by Crippen LogP contribution is 2.27. The number of aromatic nitrogens is 3. The molecule has 0 saturated carbocycles. The first-order valence-electron chi connectivity index (χ1n) is 9.85. The van der Waals surface area contributed by atoms with Crippen LogP contribution in [0.3, 0.4) is 0 Å². The lowest BCUT2D eigenvalue weighted by Gasteiger charge is -2.15. The van der Waals surface area contributed by atoms with Crippen molar-refractivity contribution in [3.8, 4) is 11.6 Å². The molecule has 7 heteroatoms. The van der Waals surface area contributed by atoms with Gasteiger partial charge in [0.25, 0.3) is 5.56 Å². The molecular weight excluding hydrogens is 378 g/mol. The highest BCUT2D eigenvalue weighted by Gasteiger charge is 2.14. The molecule has 0 saturated heterocycles. The van der Waals surface area contributed by atoms with Crippen molar-refractivity contribution in [3.05, 3.63) is 70.8 Å². The SMILES string of the molecule is CCOc1ccc(-n2c(=O)ccc3cnc4ccc(C(C=N)CNC)cc4c32)cn1. The summed E-state index contributed by atoms with van der Waals surface area (Å²) in [6.45, 7) is 3.08. The molecule has 0 fully saturated rings. The Hall–Kier alpha value is -3.58. The van der Waals surface area contributed by atoms with E-state index >= 15 is 0 Å². The fourth-order valence-corrected chi connectivity index (χ4v) is 3.65. The summed E-state index contributed by atoms with van der Waals surface area (Å²) in [6.07, 6.45) is 4.85. The lowest BCUT2D eigenvalue weighted by molar-refractivity contribution is 0.327. The number of likely N-dealkylation sites (N-methyl/N-ethyl adjacent to an activating group) is 1. The van der Waals surface area contributed by atoms with Gasteiger partial charge in [0, 0.05) is 47.8 Å². The number of ether oxygens (including phenoxy) is 1. The third-order valence-electron chi connectivity index (χ3n) is 5.07. The number of hydrogen-bond donors (Lipinski definition) is 2. The average molecular weight is 401 g/mol. The van der Waals surface area contributed by atoms with E-state index in [0.29, 0.717) is 24.7 Å². The van der Waals surface area contributed by atoms with Gasteiger partial charge in [-0.3, -0.25) is 14.3 Å². The van der Waals surface area contributed by atoms with Gasteiger partial charge in [-0.1, -0.05) is 6.07 Å². The minimum absolute atomic E-state index is 0.0642. The van der Waals surface area contributed by atoms with Crippen LogP contribution in [0.4, 0.5) is 0 Å². The predicted molar refractivity (Wildman–Crippen MR) is 119 cm³/mol. The molecule has 4 aromatic rings. The number of pyridine rings is 3. The molecule has 3 heterocycles. The van der Waals surface area contributed by atoms with Crippen LogP contribution in [-0.4, -0.2) is 40.9 Å². The molecule has 1 aromatic carbocycles. The topological polar surface area (TPSA) is 92.9 Å². The second-order valence-corrected chi connectivity index (χ2v) is 6.96. The molecule has 0 aliphatic carbocycles. The van der Waals surface area contributed by atoms with Crippen molar-refractivity contribution in [2.24, 2.45) is 0 Å². The van der Waals surface area contributed by atoms with Crippen molar-refractivity contribution in [1.29, 1.82) is 5.41 Å². The minimum atomic E-state index is -0.148. The summed E-state index contributed by atoms with van der Waals surface area (Å²) in [5.74, 6) is 0.454. The van der Waals surface area contributed by atoms with Crippen LogP contribution < -0.4 is 15.6 Å². The van der Waals surface area contributed by atoms with E-state index in [9.17, 15) is 4.79 Å². The zero-order valence-electron chi connectivity index (χ0n) is 16.9. The van der Waals surface area contributed by atoms with Gasteiger partial charge in [0.15, 0.2) is 0 Å². The highest BCUT2D eigenvalue weighted by molar-refractivity contribution is 6.04. The maximum absolute atomic E-state index is 12.9. The van der Waals surface area contributed by atoms with E-state index in [0.717, 1.165) is 27.4 Å². The van der Waals surface area contributed by atoms with E-state index < -0.39 is 0 Å². The molecule has 4 rings (SSSR count). The van der Waals surface area contributed by atoms with Crippen LogP contribution >= 0.6 is 0 Å². The van der Waals surface area contributed by atoms with Gasteiger partial charge in [-0.25, -0.2) is 4.98 Å². The van der Waals surface area contributed by atoms with Crippen molar-refractivity contribution >= 4 is 28.0 Å². The van der Waals surface area contributed by atoms with Crippen LogP contribution in [0.5, 0.6) is 5.88 Å². The van der Waals surface area contributed by atoms with Gasteiger partial charge in [-0.2, -0.15) is 0 Å². The summed E-state index contributed by atoms with van der Waals surface area (Å²) >= 11 is 0. The Morgan fingerprint density at radius 1 is 1.17 bits per heavy atom. The standard InChI is InChI=1S/C23H23N5O2/c1-3-30-21-8-6-18(14-27-21)28-22(29)9-5-16-13-26-20-7-4-15(10-19(20)23(16)28)17(11-24)12-25-2/h4-11,13-14,17,24-25H,3,12H2,1-2H3. The molecule has 0 amide bonds. The monoisotopic (exact) mass is 401 g/mol. The number of hydrogen-bond acceptors (Lipinski definition) is 6. The highest BCUT2D eigenvalue weighted by atomic mass is 16.5. The van der Waals surface area contributed by atoms with Crippen molar-refractivity contribution < 1.29 is 4.74 Å². The number of fused-ring (bicyclic) bond motifs is 3. The molecular formula is C23H23N5O2. The zero-order valence-corrected chi connectivity index (χ0v) is 16.9. The minimum Gasteiger partial charge on any atom is -0.478 e. The lowest BCUT2D eigenvalue weighted by atomic mass is 9.97. The van der Waals surface area contributed by atoms with Gasteiger partial charge in [0.1, 0.15) is 0 Å². The van der Waals surface area contributed by atoms with Crippen LogP contribution in [-0.2, 0) is 0 Å². The molecule has 7 nitrogen and oxygen atoms in total. The normalized spacial score (nSPS) is 12.2. The van der Waals surface area contributed by atoms with Gasteiger partial charge >= 0.3 is 0 Å². The first-order valence-corrected chi connectivity index (χ1v) is 9.85. The third-order valence-corrected chi connectivity index (χ3v) is 5.07. The Labute approximate surface area is 173 Å². The molecule has 1 unspecified atom stereocenters. The Morgan fingerprint density at radius 3 is 2.73 bits per heavy atom. The third kappa shape index (κ3) is 3.55. The van der Waals surface area contributed by atoms with E-state index in [1.165, 1.54) is 12.3 Å². The fraction of sp³-hybridized carbons (Fsp3) is 0.217. The van der Waals surface area contributed by atoms with Gasteiger partial charge in [0.2, 0.25) is 5.88 Å². The quantitative estimate of drug-likeness (QED) is 0.366. The van der Waals surface area contributed by atoms with Crippen molar-refractivity contribution in [1.82, 2.24) is 19.9 Å². The largest absolute Gasteiger partial charge is 0.478 e. The zero-order chi connectivity index (χ0) is 21.1. The second-order valence-electron chi connectivity index (χ2n) is 6.96. The molecule has 0 aliphatic rings. The van der Waals surface area contributed by atoms with E-state index in [1.807, 2.05) is 38.2 Å². The Kier molecular flexibility index (Phi) is 5.54. The maximum Gasteiger partial charge on any atom is 0.255 e. The Balaban J connectivity index is 1.99. The lowest BCUT2D eigenvalue weighted by Crippen LogP contribution is -2.19. The van der Waals surface area contributed by atoms with Crippen LogP contribution in [0, 0.1) is 5.41 Å². The summed E-state index contributed by atoms with van der Waals surface area (Å²) in [5, 5.41) is 12.6.